The molecule has 2 amide bonds. The molecule has 0 atom stereocenters. The van der Waals surface area contributed by atoms with E-state index in [0.717, 1.165) is 18.9 Å². The van der Waals surface area contributed by atoms with Crippen molar-refractivity contribution in [1.82, 2.24) is 15.2 Å². The quantitative estimate of drug-likeness (QED) is 0.849. The van der Waals surface area contributed by atoms with Crippen LogP contribution in [-0.4, -0.2) is 72.4 Å². The van der Waals surface area contributed by atoms with Crippen molar-refractivity contribution in [3.05, 3.63) is 23.9 Å². The van der Waals surface area contributed by atoms with E-state index in [1.54, 1.807) is 11.1 Å². The Kier molecular flexibility index (Phi) is 5.14. The molecule has 24 heavy (non-hydrogen) atoms. The SMILES string of the molecule is O=C(O)NC1CCN(C(=O)c2ccc(N3CCOCC3)nc2)CC1. The number of hydrogen-bond donors (Lipinski definition) is 2. The number of anilines is 1. The van der Waals surface area contributed by atoms with Crippen LogP contribution in [0.1, 0.15) is 23.2 Å². The Morgan fingerprint density at radius 3 is 2.46 bits per heavy atom. The molecule has 2 saturated heterocycles. The fourth-order valence-electron chi connectivity index (χ4n) is 3.08. The van der Waals surface area contributed by atoms with Gasteiger partial charge in [-0.1, -0.05) is 0 Å². The molecular formula is C16H22N4O4. The van der Waals surface area contributed by atoms with E-state index in [2.05, 4.69) is 15.2 Å². The molecule has 130 valence electrons. The van der Waals surface area contributed by atoms with Crippen molar-refractivity contribution in [3.8, 4) is 0 Å². The number of morpholine rings is 1. The lowest BCUT2D eigenvalue weighted by Crippen LogP contribution is -2.46. The predicted molar refractivity (Wildman–Crippen MR) is 87.4 cm³/mol. The second kappa shape index (κ2) is 7.48. The first-order chi connectivity index (χ1) is 11.6. The average molecular weight is 334 g/mol. The molecule has 2 fully saturated rings. The molecular weight excluding hydrogens is 312 g/mol. The first-order valence-corrected chi connectivity index (χ1v) is 8.21. The van der Waals surface area contributed by atoms with Gasteiger partial charge >= 0.3 is 6.09 Å². The second-order valence-electron chi connectivity index (χ2n) is 6.02. The lowest BCUT2D eigenvalue weighted by molar-refractivity contribution is 0.0705. The van der Waals surface area contributed by atoms with Crippen LogP contribution >= 0.6 is 0 Å². The number of carbonyl (C=O) groups excluding carboxylic acids is 1. The number of pyridine rings is 1. The van der Waals surface area contributed by atoms with Crippen LogP contribution in [0.15, 0.2) is 18.3 Å². The summed E-state index contributed by atoms with van der Waals surface area (Å²) in [4.78, 5) is 31.5. The lowest BCUT2D eigenvalue weighted by atomic mass is 10.0. The number of nitrogens with one attached hydrogen (secondary N) is 1. The predicted octanol–water partition coefficient (Wildman–Crippen LogP) is 0.790. The number of nitrogens with zero attached hydrogens (tertiary/aromatic N) is 3. The summed E-state index contributed by atoms with van der Waals surface area (Å²) in [6.45, 7) is 4.11. The first kappa shape index (κ1) is 16.5. The van der Waals surface area contributed by atoms with Crippen molar-refractivity contribution < 1.29 is 19.4 Å². The van der Waals surface area contributed by atoms with Gasteiger partial charge in [-0.2, -0.15) is 0 Å². The number of hydrogen-bond acceptors (Lipinski definition) is 5. The van der Waals surface area contributed by atoms with Gasteiger partial charge in [-0.3, -0.25) is 4.79 Å². The monoisotopic (exact) mass is 334 g/mol. The third-order valence-electron chi connectivity index (χ3n) is 4.44. The Labute approximate surface area is 140 Å². The highest BCUT2D eigenvalue weighted by molar-refractivity contribution is 5.94. The molecule has 0 unspecified atom stereocenters. The number of rotatable bonds is 3. The Bertz CT molecular complexity index is 578. The van der Waals surface area contributed by atoms with Gasteiger partial charge in [0.1, 0.15) is 5.82 Å². The van der Waals surface area contributed by atoms with Gasteiger partial charge in [0, 0.05) is 38.4 Å². The van der Waals surface area contributed by atoms with Crippen LogP contribution < -0.4 is 10.2 Å². The van der Waals surface area contributed by atoms with E-state index in [4.69, 9.17) is 9.84 Å². The second-order valence-corrected chi connectivity index (χ2v) is 6.02. The van der Waals surface area contributed by atoms with Crippen molar-refractivity contribution in [3.63, 3.8) is 0 Å². The minimum Gasteiger partial charge on any atom is -0.465 e. The fourth-order valence-corrected chi connectivity index (χ4v) is 3.08. The molecule has 1 aromatic heterocycles. The molecule has 8 heteroatoms. The zero-order valence-electron chi connectivity index (χ0n) is 13.5. The van der Waals surface area contributed by atoms with E-state index in [-0.39, 0.29) is 11.9 Å². The van der Waals surface area contributed by atoms with Gasteiger partial charge in [0.05, 0.1) is 18.8 Å². The summed E-state index contributed by atoms with van der Waals surface area (Å²) >= 11 is 0. The maximum atomic E-state index is 12.5. The number of aromatic nitrogens is 1. The van der Waals surface area contributed by atoms with Gasteiger partial charge < -0.3 is 25.0 Å². The molecule has 0 aromatic carbocycles. The fraction of sp³-hybridized carbons (Fsp3) is 0.562. The van der Waals surface area contributed by atoms with Crippen molar-refractivity contribution in [2.75, 3.05) is 44.3 Å². The van der Waals surface area contributed by atoms with Gasteiger partial charge in [0.15, 0.2) is 0 Å². The maximum Gasteiger partial charge on any atom is 0.404 e. The molecule has 1 aromatic rings. The molecule has 2 aliphatic rings. The summed E-state index contributed by atoms with van der Waals surface area (Å²) in [5, 5.41) is 11.2. The van der Waals surface area contributed by atoms with E-state index in [1.165, 1.54) is 0 Å². The number of carboxylic acid groups (broad SMARTS) is 1. The molecule has 2 aliphatic heterocycles. The maximum absolute atomic E-state index is 12.5. The summed E-state index contributed by atoms with van der Waals surface area (Å²) in [5.41, 5.74) is 0.566. The van der Waals surface area contributed by atoms with Crippen LogP contribution in [0.4, 0.5) is 10.6 Å². The molecule has 0 saturated carbocycles. The smallest absolute Gasteiger partial charge is 0.404 e. The first-order valence-electron chi connectivity index (χ1n) is 8.21. The van der Waals surface area contributed by atoms with E-state index < -0.39 is 6.09 Å². The van der Waals surface area contributed by atoms with Crippen LogP contribution in [0, 0.1) is 0 Å². The molecule has 8 nitrogen and oxygen atoms in total. The normalized spacial score (nSPS) is 19.2. The average Bonchev–Trinajstić information content (AvgIpc) is 2.62. The molecule has 0 spiro atoms. The van der Waals surface area contributed by atoms with E-state index in [0.29, 0.717) is 44.7 Å². The van der Waals surface area contributed by atoms with Gasteiger partial charge in [0.2, 0.25) is 0 Å². The van der Waals surface area contributed by atoms with Gasteiger partial charge in [-0.15, -0.1) is 0 Å². The number of carbonyl (C=O) groups is 2. The summed E-state index contributed by atoms with van der Waals surface area (Å²) in [6.07, 6.45) is 1.88. The largest absolute Gasteiger partial charge is 0.465 e. The Balaban J connectivity index is 1.56. The van der Waals surface area contributed by atoms with Crippen LogP contribution in [0.2, 0.25) is 0 Å². The van der Waals surface area contributed by atoms with Crippen molar-refractivity contribution in [2.24, 2.45) is 0 Å². The summed E-state index contributed by atoms with van der Waals surface area (Å²) in [6, 6.07) is 3.60. The minimum absolute atomic E-state index is 0.0511. The molecule has 2 N–H and O–H groups in total. The molecule has 3 rings (SSSR count). The third kappa shape index (κ3) is 3.94. The Morgan fingerprint density at radius 1 is 1.17 bits per heavy atom. The Morgan fingerprint density at radius 2 is 1.88 bits per heavy atom. The summed E-state index contributed by atoms with van der Waals surface area (Å²) in [5.74, 6) is 0.809. The van der Waals surface area contributed by atoms with Crippen molar-refractivity contribution in [1.29, 1.82) is 0 Å². The molecule has 0 radical (unpaired) electrons. The van der Waals surface area contributed by atoms with Crippen LogP contribution in [-0.2, 0) is 4.74 Å². The third-order valence-corrected chi connectivity index (χ3v) is 4.44. The van der Waals surface area contributed by atoms with E-state index in [9.17, 15) is 9.59 Å². The number of ether oxygens (including phenoxy) is 1. The van der Waals surface area contributed by atoms with Crippen LogP contribution in [0.5, 0.6) is 0 Å². The van der Waals surface area contributed by atoms with E-state index in [1.807, 2.05) is 12.1 Å². The van der Waals surface area contributed by atoms with Crippen molar-refractivity contribution in [2.45, 2.75) is 18.9 Å². The van der Waals surface area contributed by atoms with Crippen LogP contribution in [0.25, 0.3) is 0 Å². The number of piperidine rings is 1. The van der Waals surface area contributed by atoms with Crippen molar-refractivity contribution >= 4 is 17.8 Å². The van der Waals surface area contributed by atoms with Crippen LogP contribution in [0.3, 0.4) is 0 Å². The lowest BCUT2D eigenvalue weighted by Gasteiger charge is -2.32. The highest BCUT2D eigenvalue weighted by Gasteiger charge is 2.24. The highest BCUT2D eigenvalue weighted by Crippen LogP contribution is 2.17. The highest BCUT2D eigenvalue weighted by atomic mass is 16.5. The van der Waals surface area contributed by atoms with Gasteiger partial charge in [-0.05, 0) is 25.0 Å². The molecule has 0 aliphatic carbocycles. The molecule has 3 heterocycles. The minimum atomic E-state index is -1.01. The topological polar surface area (TPSA) is 95.0 Å². The standard InChI is InChI=1S/C16H22N4O4/c21-15(20-5-3-13(4-6-20)18-16(22)23)12-1-2-14(17-11-12)19-7-9-24-10-8-19/h1-2,11,13,18H,3-10H2,(H,22,23). The van der Waals surface area contributed by atoms with E-state index >= 15 is 0 Å². The zero-order valence-corrected chi connectivity index (χ0v) is 13.5. The molecule has 0 bridgehead atoms. The van der Waals surface area contributed by atoms with Gasteiger partial charge in [-0.25, -0.2) is 9.78 Å². The summed E-state index contributed by atoms with van der Waals surface area (Å²) in [7, 11) is 0. The zero-order chi connectivity index (χ0) is 16.9. The van der Waals surface area contributed by atoms with Gasteiger partial charge in [0.25, 0.3) is 5.91 Å². The number of likely N-dealkylation sites (tertiary alicyclic amines) is 1. The summed E-state index contributed by atoms with van der Waals surface area (Å²) < 4.78 is 5.32. The Hall–Kier alpha value is -2.35. The number of amides is 2.